The second-order valence-electron chi connectivity index (χ2n) is 6.75. The lowest BCUT2D eigenvalue weighted by atomic mass is 9.73. The third-order valence-corrected chi connectivity index (χ3v) is 4.03. The van der Waals surface area contributed by atoms with Gasteiger partial charge in [0.05, 0.1) is 12.2 Å². The standard InChI is InChI=1S/C14H27NO/c1-13(2,3)11-12-14(16-10-9-15-12)7-5-4-6-8-14/h12,15H,4-11H2,1-3H3. The summed E-state index contributed by atoms with van der Waals surface area (Å²) in [5.41, 5.74) is 0.562. The van der Waals surface area contributed by atoms with Crippen molar-refractivity contribution in [3.05, 3.63) is 0 Å². The molecule has 1 spiro atoms. The van der Waals surface area contributed by atoms with Gasteiger partial charge in [0.1, 0.15) is 0 Å². The average molecular weight is 225 g/mol. The van der Waals surface area contributed by atoms with Crippen LogP contribution in [0.5, 0.6) is 0 Å². The van der Waals surface area contributed by atoms with E-state index in [4.69, 9.17) is 4.74 Å². The number of ether oxygens (including phenoxy) is 1. The lowest BCUT2D eigenvalue weighted by molar-refractivity contribution is -0.124. The van der Waals surface area contributed by atoms with Crippen molar-refractivity contribution in [2.75, 3.05) is 13.2 Å². The van der Waals surface area contributed by atoms with Gasteiger partial charge in [-0.15, -0.1) is 0 Å². The Balaban J connectivity index is 2.06. The van der Waals surface area contributed by atoms with Crippen molar-refractivity contribution in [1.82, 2.24) is 5.32 Å². The maximum absolute atomic E-state index is 6.20. The SMILES string of the molecule is CC(C)(C)CC1NCCOC12CCCCC2. The topological polar surface area (TPSA) is 21.3 Å². The average Bonchev–Trinajstić information content (AvgIpc) is 2.21. The highest BCUT2D eigenvalue weighted by Crippen LogP contribution is 2.39. The van der Waals surface area contributed by atoms with Crippen molar-refractivity contribution in [1.29, 1.82) is 0 Å². The Morgan fingerprint density at radius 3 is 2.50 bits per heavy atom. The smallest absolute Gasteiger partial charge is 0.0835 e. The first-order valence-electron chi connectivity index (χ1n) is 6.89. The molecule has 0 aromatic rings. The molecule has 1 aliphatic carbocycles. The Bertz CT molecular complexity index is 217. The highest BCUT2D eigenvalue weighted by molar-refractivity contribution is 4.99. The van der Waals surface area contributed by atoms with E-state index in [9.17, 15) is 0 Å². The fourth-order valence-electron chi connectivity index (χ4n) is 3.29. The van der Waals surface area contributed by atoms with Crippen LogP contribution in [0.25, 0.3) is 0 Å². The summed E-state index contributed by atoms with van der Waals surface area (Å²) in [5.74, 6) is 0. The molecule has 1 N–H and O–H groups in total. The fraction of sp³-hybridized carbons (Fsp3) is 1.00. The van der Waals surface area contributed by atoms with E-state index in [0.29, 0.717) is 11.5 Å². The lowest BCUT2D eigenvalue weighted by Gasteiger charge is -2.48. The number of nitrogens with one attached hydrogen (secondary N) is 1. The molecule has 94 valence electrons. The van der Waals surface area contributed by atoms with Gasteiger partial charge in [-0.05, 0) is 24.7 Å². The second kappa shape index (κ2) is 4.66. The van der Waals surface area contributed by atoms with Gasteiger partial charge in [-0.3, -0.25) is 0 Å². The number of hydrogen-bond acceptors (Lipinski definition) is 2. The maximum Gasteiger partial charge on any atom is 0.0835 e. The largest absolute Gasteiger partial charge is 0.372 e. The van der Waals surface area contributed by atoms with Gasteiger partial charge in [-0.1, -0.05) is 40.0 Å². The third kappa shape index (κ3) is 2.78. The van der Waals surface area contributed by atoms with Crippen LogP contribution in [0.2, 0.25) is 0 Å². The van der Waals surface area contributed by atoms with Gasteiger partial charge in [0.2, 0.25) is 0 Å². The summed E-state index contributed by atoms with van der Waals surface area (Å²) in [6.07, 6.45) is 7.85. The fourth-order valence-corrected chi connectivity index (χ4v) is 3.29. The first-order valence-corrected chi connectivity index (χ1v) is 6.89. The van der Waals surface area contributed by atoms with E-state index in [1.54, 1.807) is 0 Å². The molecule has 2 rings (SSSR count). The highest BCUT2D eigenvalue weighted by Gasteiger charge is 2.43. The monoisotopic (exact) mass is 225 g/mol. The molecule has 1 atom stereocenters. The van der Waals surface area contributed by atoms with Crippen LogP contribution in [-0.4, -0.2) is 24.8 Å². The number of morpholine rings is 1. The molecule has 1 aliphatic heterocycles. The Morgan fingerprint density at radius 1 is 1.19 bits per heavy atom. The van der Waals surface area contributed by atoms with Gasteiger partial charge in [0.25, 0.3) is 0 Å². The molecule has 0 amide bonds. The van der Waals surface area contributed by atoms with E-state index in [0.717, 1.165) is 13.2 Å². The third-order valence-electron chi connectivity index (χ3n) is 4.03. The first kappa shape index (κ1) is 12.4. The second-order valence-corrected chi connectivity index (χ2v) is 6.75. The molecule has 1 saturated carbocycles. The zero-order valence-electron chi connectivity index (χ0n) is 11.1. The zero-order valence-corrected chi connectivity index (χ0v) is 11.1. The predicted molar refractivity (Wildman–Crippen MR) is 67.6 cm³/mol. The minimum Gasteiger partial charge on any atom is -0.372 e. The predicted octanol–water partition coefficient (Wildman–Crippen LogP) is 3.11. The molecule has 0 aromatic heterocycles. The van der Waals surface area contributed by atoms with Crippen LogP contribution in [0.3, 0.4) is 0 Å². The minimum absolute atomic E-state index is 0.170. The van der Waals surface area contributed by atoms with Crippen LogP contribution in [0.1, 0.15) is 59.3 Å². The van der Waals surface area contributed by atoms with Crippen LogP contribution in [-0.2, 0) is 4.74 Å². The van der Waals surface area contributed by atoms with Crippen LogP contribution in [0.15, 0.2) is 0 Å². The van der Waals surface area contributed by atoms with Crippen molar-refractivity contribution >= 4 is 0 Å². The van der Waals surface area contributed by atoms with E-state index < -0.39 is 0 Å². The zero-order chi connectivity index (χ0) is 11.6. The molecule has 2 nitrogen and oxygen atoms in total. The molecule has 0 bridgehead atoms. The summed E-state index contributed by atoms with van der Waals surface area (Å²) in [6, 6.07) is 0.571. The minimum atomic E-state index is 0.170. The summed E-state index contributed by atoms with van der Waals surface area (Å²) in [7, 11) is 0. The quantitative estimate of drug-likeness (QED) is 0.740. The Hall–Kier alpha value is -0.0800. The Morgan fingerprint density at radius 2 is 1.88 bits per heavy atom. The summed E-state index contributed by atoms with van der Waals surface area (Å²) < 4.78 is 6.20. The molecule has 16 heavy (non-hydrogen) atoms. The molecule has 2 heteroatoms. The van der Waals surface area contributed by atoms with Crippen LogP contribution in [0, 0.1) is 5.41 Å². The maximum atomic E-state index is 6.20. The molecular weight excluding hydrogens is 198 g/mol. The van der Waals surface area contributed by atoms with Gasteiger partial charge < -0.3 is 10.1 Å². The van der Waals surface area contributed by atoms with Gasteiger partial charge in [-0.25, -0.2) is 0 Å². The number of rotatable bonds is 1. The summed E-state index contributed by atoms with van der Waals surface area (Å²) in [4.78, 5) is 0. The molecule has 1 heterocycles. The number of hydrogen-bond donors (Lipinski definition) is 1. The van der Waals surface area contributed by atoms with Crippen molar-refractivity contribution in [3.63, 3.8) is 0 Å². The molecule has 1 unspecified atom stereocenters. The molecule has 2 fully saturated rings. The van der Waals surface area contributed by atoms with E-state index in [-0.39, 0.29) is 5.60 Å². The van der Waals surface area contributed by atoms with Crippen molar-refractivity contribution in [3.8, 4) is 0 Å². The first-order chi connectivity index (χ1) is 7.52. The highest BCUT2D eigenvalue weighted by atomic mass is 16.5. The summed E-state index contributed by atoms with van der Waals surface area (Å²) in [5, 5.41) is 3.71. The van der Waals surface area contributed by atoms with Crippen LogP contribution >= 0.6 is 0 Å². The van der Waals surface area contributed by atoms with Gasteiger partial charge in [0, 0.05) is 12.6 Å². The van der Waals surface area contributed by atoms with Crippen LogP contribution < -0.4 is 5.32 Å². The molecule has 2 aliphatic rings. The van der Waals surface area contributed by atoms with Crippen molar-refractivity contribution in [2.45, 2.75) is 70.9 Å². The molecule has 0 aromatic carbocycles. The van der Waals surface area contributed by atoms with E-state index in [1.807, 2.05) is 0 Å². The molecular formula is C14H27NO. The van der Waals surface area contributed by atoms with E-state index in [1.165, 1.54) is 38.5 Å². The molecule has 1 saturated heterocycles. The van der Waals surface area contributed by atoms with Gasteiger partial charge >= 0.3 is 0 Å². The Kier molecular flexibility index (Phi) is 3.60. The van der Waals surface area contributed by atoms with Gasteiger partial charge in [-0.2, -0.15) is 0 Å². The van der Waals surface area contributed by atoms with E-state index >= 15 is 0 Å². The van der Waals surface area contributed by atoms with Crippen molar-refractivity contribution < 1.29 is 4.74 Å². The summed E-state index contributed by atoms with van der Waals surface area (Å²) in [6.45, 7) is 8.93. The Labute approximate surface area is 100 Å². The van der Waals surface area contributed by atoms with Crippen molar-refractivity contribution in [2.24, 2.45) is 5.41 Å². The molecule has 0 radical (unpaired) electrons. The van der Waals surface area contributed by atoms with E-state index in [2.05, 4.69) is 26.1 Å². The normalized spacial score (nSPS) is 30.6. The summed E-state index contributed by atoms with van der Waals surface area (Å²) >= 11 is 0. The lowest BCUT2D eigenvalue weighted by Crippen LogP contribution is -2.59. The van der Waals surface area contributed by atoms with Crippen LogP contribution in [0.4, 0.5) is 0 Å². The van der Waals surface area contributed by atoms with Gasteiger partial charge in [0.15, 0.2) is 0 Å².